The van der Waals surface area contributed by atoms with Crippen molar-refractivity contribution in [1.29, 1.82) is 0 Å². The van der Waals surface area contributed by atoms with E-state index in [0.717, 1.165) is 31.5 Å². The third kappa shape index (κ3) is 6.47. The third-order valence-corrected chi connectivity index (χ3v) is 4.22. The maximum Gasteiger partial charge on any atom is 0.274 e. The predicted octanol–water partition coefficient (Wildman–Crippen LogP) is 3.16. The monoisotopic (exact) mass is 368 g/mol. The Kier molecular flexibility index (Phi) is 8.42. The van der Waals surface area contributed by atoms with Crippen LogP contribution in [0.25, 0.3) is 0 Å². The summed E-state index contributed by atoms with van der Waals surface area (Å²) in [5.74, 6) is -0.124. The van der Waals surface area contributed by atoms with Crippen molar-refractivity contribution >= 4 is 11.8 Å². The molecule has 0 atom stereocenters. The molecule has 1 aromatic heterocycles. The third-order valence-electron chi connectivity index (χ3n) is 4.22. The van der Waals surface area contributed by atoms with Gasteiger partial charge in [0.2, 0.25) is 5.91 Å². The number of carbonyl (C=O) groups excluding carboxylic acids is 2. The van der Waals surface area contributed by atoms with Crippen LogP contribution in [0.1, 0.15) is 49.2 Å². The van der Waals surface area contributed by atoms with Crippen molar-refractivity contribution in [2.45, 2.75) is 39.7 Å². The molecule has 0 saturated heterocycles. The SMILES string of the molecule is CCCN(CCC)C(=O)CCN(Cc1ccccc1)C(=O)c1cnccn1. The van der Waals surface area contributed by atoms with E-state index >= 15 is 0 Å². The molecule has 2 rings (SSSR count). The van der Waals surface area contributed by atoms with Gasteiger partial charge in [-0.15, -0.1) is 0 Å². The molecule has 0 radical (unpaired) electrons. The molecular formula is C21H28N4O2. The summed E-state index contributed by atoms with van der Waals surface area (Å²) < 4.78 is 0. The van der Waals surface area contributed by atoms with Gasteiger partial charge in [0.15, 0.2) is 0 Å². The van der Waals surface area contributed by atoms with E-state index in [1.807, 2.05) is 35.2 Å². The second-order valence-corrected chi connectivity index (χ2v) is 6.43. The Morgan fingerprint density at radius 1 is 0.926 bits per heavy atom. The molecule has 6 heteroatoms. The van der Waals surface area contributed by atoms with Crippen molar-refractivity contribution in [3.63, 3.8) is 0 Å². The molecule has 144 valence electrons. The van der Waals surface area contributed by atoms with Crippen molar-refractivity contribution in [1.82, 2.24) is 19.8 Å². The molecule has 0 saturated carbocycles. The van der Waals surface area contributed by atoms with Gasteiger partial charge in [-0.1, -0.05) is 44.2 Å². The fraction of sp³-hybridized carbons (Fsp3) is 0.429. The average Bonchev–Trinajstić information content (AvgIpc) is 2.71. The minimum atomic E-state index is -0.211. The smallest absolute Gasteiger partial charge is 0.274 e. The Morgan fingerprint density at radius 3 is 2.22 bits per heavy atom. The number of hydrogen-bond acceptors (Lipinski definition) is 4. The standard InChI is InChI=1S/C21H28N4O2/c1-3-13-24(14-4-2)20(26)10-15-25(17-18-8-6-5-7-9-18)21(27)19-16-22-11-12-23-19/h5-9,11-12,16H,3-4,10,13-15,17H2,1-2H3. The summed E-state index contributed by atoms with van der Waals surface area (Å²) >= 11 is 0. The molecule has 1 aromatic carbocycles. The van der Waals surface area contributed by atoms with Gasteiger partial charge in [0.1, 0.15) is 5.69 Å². The lowest BCUT2D eigenvalue weighted by Gasteiger charge is -2.25. The van der Waals surface area contributed by atoms with Crippen LogP contribution in [0.3, 0.4) is 0 Å². The topological polar surface area (TPSA) is 66.4 Å². The van der Waals surface area contributed by atoms with Gasteiger partial charge in [0, 0.05) is 45.0 Å². The van der Waals surface area contributed by atoms with Crippen molar-refractivity contribution < 1.29 is 9.59 Å². The summed E-state index contributed by atoms with van der Waals surface area (Å²) in [7, 11) is 0. The Labute approximate surface area is 161 Å². The van der Waals surface area contributed by atoms with E-state index in [2.05, 4.69) is 23.8 Å². The van der Waals surface area contributed by atoms with Gasteiger partial charge in [-0.3, -0.25) is 14.6 Å². The zero-order valence-electron chi connectivity index (χ0n) is 16.2. The minimum absolute atomic E-state index is 0.0868. The number of benzene rings is 1. The summed E-state index contributed by atoms with van der Waals surface area (Å²) in [6, 6.07) is 9.76. The number of nitrogens with zero attached hydrogens (tertiary/aromatic N) is 4. The lowest BCUT2D eigenvalue weighted by molar-refractivity contribution is -0.131. The van der Waals surface area contributed by atoms with Crippen LogP contribution in [0, 0.1) is 0 Å². The normalized spacial score (nSPS) is 10.4. The van der Waals surface area contributed by atoms with Crippen molar-refractivity contribution in [3.05, 3.63) is 60.2 Å². The van der Waals surface area contributed by atoms with Gasteiger partial charge in [-0.05, 0) is 18.4 Å². The van der Waals surface area contributed by atoms with E-state index < -0.39 is 0 Å². The summed E-state index contributed by atoms with van der Waals surface area (Å²) in [6.07, 6.45) is 6.66. The highest BCUT2D eigenvalue weighted by Gasteiger charge is 2.20. The van der Waals surface area contributed by atoms with Crippen molar-refractivity contribution in [2.24, 2.45) is 0 Å². The zero-order valence-corrected chi connectivity index (χ0v) is 16.2. The number of amides is 2. The number of carbonyl (C=O) groups is 2. The largest absolute Gasteiger partial charge is 0.343 e. The molecular weight excluding hydrogens is 340 g/mol. The highest BCUT2D eigenvalue weighted by Crippen LogP contribution is 2.10. The average molecular weight is 368 g/mol. The van der Waals surface area contributed by atoms with Crippen LogP contribution in [-0.2, 0) is 11.3 Å². The quantitative estimate of drug-likeness (QED) is 0.646. The first kappa shape index (κ1) is 20.6. The highest BCUT2D eigenvalue weighted by molar-refractivity contribution is 5.92. The van der Waals surface area contributed by atoms with Crippen LogP contribution >= 0.6 is 0 Å². The van der Waals surface area contributed by atoms with Crippen molar-refractivity contribution in [2.75, 3.05) is 19.6 Å². The molecule has 0 aliphatic heterocycles. The second kappa shape index (κ2) is 11.1. The van der Waals surface area contributed by atoms with Gasteiger partial charge >= 0.3 is 0 Å². The molecule has 0 aliphatic rings. The van der Waals surface area contributed by atoms with Crippen LogP contribution in [0.2, 0.25) is 0 Å². The Balaban J connectivity index is 2.09. The summed E-state index contributed by atoms with van der Waals surface area (Å²) in [5.41, 5.74) is 1.31. The fourth-order valence-corrected chi connectivity index (χ4v) is 2.92. The van der Waals surface area contributed by atoms with Crippen LogP contribution < -0.4 is 0 Å². The van der Waals surface area contributed by atoms with Crippen molar-refractivity contribution in [3.8, 4) is 0 Å². The predicted molar refractivity (Wildman–Crippen MR) is 105 cm³/mol. The second-order valence-electron chi connectivity index (χ2n) is 6.43. The van der Waals surface area contributed by atoms with E-state index in [1.165, 1.54) is 18.6 Å². The Morgan fingerprint density at radius 2 is 1.63 bits per heavy atom. The van der Waals surface area contributed by atoms with E-state index in [-0.39, 0.29) is 11.8 Å². The fourth-order valence-electron chi connectivity index (χ4n) is 2.92. The van der Waals surface area contributed by atoms with Crippen LogP contribution in [0.5, 0.6) is 0 Å². The van der Waals surface area contributed by atoms with Crippen LogP contribution in [0.4, 0.5) is 0 Å². The summed E-state index contributed by atoms with van der Waals surface area (Å²) in [6.45, 7) is 6.43. The van der Waals surface area contributed by atoms with Gasteiger partial charge in [0.05, 0.1) is 6.20 Å². The number of aromatic nitrogens is 2. The van der Waals surface area contributed by atoms with E-state index in [1.54, 1.807) is 4.90 Å². The highest BCUT2D eigenvalue weighted by atomic mass is 16.2. The van der Waals surface area contributed by atoms with Gasteiger partial charge < -0.3 is 9.80 Å². The molecule has 2 amide bonds. The molecule has 0 unspecified atom stereocenters. The molecule has 6 nitrogen and oxygen atoms in total. The van der Waals surface area contributed by atoms with Gasteiger partial charge in [-0.2, -0.15) is 0 Å². The molecule has 2 aromatic rings. The lowest BCUT2D eigenvalue weighted by Crippen LogP contribution is -2.38. The number of hydrogen-bond donors (Lipinski definition) is 0. The molecule has 1 heterocycles. The Hall–Kier alpha value is -2.76. The maximum absolute atomic E-state index is 12.9. The van der Waals surface area contributed by atoms with Gasteiger partial charge in [-0.25, -0.2) is 4.98 Å². The maximum atomic E-state index is 12.9. The number of rotatable bonds is 10. The van der Waals surface area contributed by atoms with E-state index in [9.17, 15) is 9.59 Å². The van der Waals surface area contributed by atoms with E-state index in [4.69, 9.17) is 0 Å². The summed E-state index contributed by atoms with van der Waals surface area (Å²) in [4.78, 5) is 37.1. The lowest BCUT2D eigenvalue weighted by atomic mass is 10.2. The summed E-state index contributed by atoms with van der Waals surface area (Å²) in [5, 5.41) is 0. The van der Waals surface area contributed by atoms with E-state index in [0.29, 0.717) is 25.2 Å². The first-order valence-corrected chi connectivity index (χ1v) is 9.52. The van der Waals surface area contributed by atoms with Crippen LogP contribution in [-0.4, -0.2) is 51.2 Å². The molecule has 27 heavy (non-hydrogen) atoms. The Bertz CT molecular complexity index is 701. The van der Waals surface area contributed by atoms with Gasteiger partial charge in [0.25, 0.3) is 5.91 Å². The molecule has 0 spiro atoms. The first-order chi connectivity index (χ1) is 13.2. The molecule has 0 fully saturated rings. The molecule has 0 N–H and O–H groups in total. The zero-order chi connectivity index (χ0) is 19.5. The first-order valence-electron chi connectivity index (χ1n) is 9.52. The van der Waals surface area contributed by atoms with Crippen LogP contribution in [0.15, 0.2) is 48.9 Å². The molecule has 0 bridgehead atoms. The molecule has 0 aliphatic carbocycles. The minimum Gasteiger partial charge on any atom is -0.343 e.